The van der Waals surface area contributed by atoms with Gasteiger partial charge >= 0.3 is 0 Å². The minimum atomic E-state index is -0.474. The van der Waals surface area contributed by atoms with Crippen molar-refractivity contribution in [2.45, 2.75) is 24.7 Å². The summed E-state index contributed by atoms with van der Waals surface area (Å²) in [6, 6.07) is 86.1. The standard InChI is InChI=1S/C68H43BN2S/c1-40-33-34-49-56(35-40)68(54-31-17-11-25-46(54)47-26-12-18-32-55(47)68)65-62(49)64-66(72-65)69-58-38-50-48-27-13-16-30-53(48)67(51-28-14-9-23-44(51)45-24-10-15-29-52(45)67)57(50)39-59(58)70(42-19-5-3-6-20-42)60-36-41(2)37-61(63(60)69)71(64)43-21-7-4-8-22-43/h3-39H,1-2H3. The number of hydrogen-bond acceptors (Lipinski definition) is 3. The van der Waals surface area contributed by atoms with Crippen molar-refractivity contribution in [2.24, 2.45) is 0 Å². The third-order valence-corrected chi connectivity index (χ3v) is 18.7. The molecule has 0 saturated heterocycles. The van der Waals surface area contributed by atoms with E-state index >= 15 is 0 Å². The van der Waals surface area contributed by atoms with Crippen LogP contribution in [-0.4, -0.2) is 6.71 Å². The number of rotatable bonds is 2. The predicted octanol–water partition coefficient (Wildman–Crippen LogP) is 15.1. The molecule has 0 fully saturated rings. The maximum Gasteiger partial charge on any atom is 0.264 e. The lowest BCUT2D eigenvalue weighted by Gasteiger charge is -2.44. The quantitative estimate of drug-likeness (QED) is 0.159. The molecule has 0 unspecified atom stereocenters. The van der Waals surface area contributed by atoms with E-state index in [2.05, 4.69) is 259 Å². The number of fused-ring (bicyclic) bond motifs is 25. The summed E-state index contributed by atoms with van der Waals surface area (Å²) in [5.74, 6) is 0. The van der Waals surface area contributed by atoms with Crippen LogP contribution in [0.25, 0.3) is 44.5 Å². The van der Waals surface area contributed by atoms with Gasteiger partial charge in [0.1, 0.15) is 0 Å². The molecule has 1 aromatic heterocycles. The first-order valence-corrected chi connectivity index (χ1v) is 26.2. The average Bonchev–Trinajstić information content (AvgIpc) is 4.20. The Balaban J connectivity index is 1.03. The molecule has 0 saturated carbocycles. The van der Waals surface area contributed by atoms with E-state index in [1.165, 1.54) is 144 Å². The molecular weight excluding hydrogens is 888 g/mol. The number of anilines is 6. The smallest absolute Gasteiger partial charge is 0.264 e. The molecule has 334 valence electrons. The Kier molecular flexibility index (Phi) is 7.48. The van der Waals surface area contributed by atoms with E-state index in [-0.39, 0.29) is 6.71 Å². The van der Waals surface area contributed by atoms with Crippen LogP contribution in [-0.2, 0) is 10.8 Å². The normalized spacial score (nSPS) is 15.2. The van der Waals surface area contributed by atoms with Crippen LogP contribution in [0.5, 0.6) is 0 Å². The minimum Gasteiger partial charge on any atom is -0.311 e. The summed E-state index contributed by atoms with van der Waals surface area (Å²) in [6.45, 7) is 4.51. The summed E-state index contributed by atoms with van der Waals surface area (Å²) in [5, 5.41) is 0. The van der Waals surface area contributed by atoms with Gasteiger partial charge in [-0.2, -0.15) is 0 Å². The van der Waals surface area contributed by atoms with Gasteiger partial charge in [-0.15, -0.1) is 11.3 Å². The van der Waals surface area contributed by atoms with Gasteiger partial charge in [-0.05, 0) is 151 Å². The van der Waals surface area contributed by atoms with Crippen molar-refractivity contribution >= 4 is 67.9 Å². The summed E-state index contributed by atoms with van der Waals surface area (Å²) < 4.78 is 1.40. The Morgan fingerprint density at radius 2 is 0.819 bits per heavy atom. The highest BCUT2D eigenvalue weighted by molar-refractivity contribution is 7.30. The number of nitrogens with zero attached hydrogens (tertiary/aromatic N) is 2. The summed E-state index contributed by atoms with van der Waals surface area (Å²) in [6.07, 6.45) is 0. The number of thiophene rings is 1. The van der Waals surface area contributed by atoms with Crippen molar-refractivity contribution in [1.82, 2.24) is 0 Å². The first-order chi connectivity index (χ1) is 35.6. The predicted molar refractivity (Wildman–Crippen MR) is 300 cm³/mol. The maximum atomic E-state index is 2.65. The molecule has 0 atom stereocenters. The summed E-state index contributed by atoms with van der Waals surface area (Å²) in [5.41, 5.74) is 31.9. The summed E-state index contributed by atoms with van der Waals surface area (Å²) >= 11 is 2.07. The van der Waals surface area contributed by atoms with E-state index in [9.17, 15) is 0 Å². The molecule has 6 aliphatic rings. The Hall–Kier alpha value is -8.44. The van der Waals surface area contributed by atoms with Crippen molar-refractivity contribution in [3.05, 3.63) is 279 Å². The molecule has 72 heavy (non-hydrogen) atoms. The second-order valence-electron chi connectivity index (χ2n) is 20.7. The first kappa shape index (κ1) is 39.3. The average molecular weight is 931 g/mol. The fourth-order valence-electron chi connectivity index (χ4n) is 14.8. The number of hydrogen-bond donors (Lipinski definition) is 0. The largest absolute Gasteiger partial charge is 0.311 e. The van der Waals surface area contributed by atoms with Crippen molar-refractivity contribution < 1.29 is 0 Å². The molecule has 2 aliphatic heterocycles. The molecule has 2 nitrogen and oxygen atoms in total. The Labute approximate surface area is 423 Å². The molecule has 4 aliphatic carbocycles. The Morgan fingerprint density at radius 1 is 0.361 bits per heavy atom. The lowest BCUT2D eigenvalue weighted by atomic mass is 9.36. The van der Waals surface area contributed by atoms with Crippen LogP contribution >= 0.6 is 11.3 Å². The van der Waals surface area contributed by atoms with Crippen LogP contribution in [0.1, 0.15) is 54.9 Å². The van der Waals surface area contributed by atoms with E-state index < -0.39 is 10.8 Å². The van der Waals surface area contributed by atoms with Crippen LogP contribution in [0.4, 0.5) is 34.1 Å². The first-order valence-electron chi connectivity index (χ1n) is 25.4. The second-order valence-corrected chi connectivity index (χ2v) is 21.8. The van der Waals surface area contributed by atoms with Gasteiger partial charge in [-0.3, -0.25) is 0 Å². The number of para-hydroxylation sites is 2. The molecule has 17 rings (SSSR count). The van der Waals surface area contributed by atoms with Crippen molar-refractivity contribution in [1.29, 1.82) is 0 Å². The second kappa shape index (κ2) is 13.7. The molecular formula is C68H43BN2S. The van der Waals surface area contributed by atoms with Crippen LogP contribution < -0.4 is 25.5 Å². The van der Waals surface area contributed by atoms with E-state index in [0.29, 0.717) is 0 Å². The Bertz CT molecular complexity index is 4130. The molecule has 10 aromatic carbocycles. The topological polar surface area (TPSA) is 6.48 Å². The zero-order chi connectivity index (χ0) is 47.2. The van der Waals surface area contributed by atoms with Gasteiger partial charge in [0.2, 0.25) is 0 Å². The minimum absolute atomic E-state index is 0.0499. The molecule has 0 amide bonds. The molecule has 11 aromatic rings. The third kappa shape index (κ3) is 4.52. The fourth-order valence-corrected chi connectivity index (χ4v) is 16.5. The van der Waals surface area contributed by atoms with Crippen LogP contribution in [0, 0.1) is 13.8 Å². The van der Waals surface area contributed by atoms with Crippen LogP contribution in [0.2, 0.25) is 0 Å². The SMILES string of the molecule is Cc1cc2c3c(c1)N(c1ccccc1)c1c(sc4c1-c1ccc(C)cc1C41c4ccccc4-c4ccccc41)B3c1cc3c(cc1N2c1ccccc1)C1(c2ccccc2-c2ccccc21)c1ccccc1-3. The summed E-state index contributed by atoms with van der Waals surface area (Å²) in [4.78, 5) is 6.69. The highest BCUT2D eigenvalue weighted by Crippen LogP contribution is 2.68. The molecule has 0 N–H and O–H groups in total. The van der Waals surface area contributed by atoms with Crippen molar-refractivity contribution in [3.63, 3.8) is 0 Å². The van der Waals surface area contributed by atoms with Gasteiger partial charge in [-0.25, -0.2) is 0 Å². The van der Waals surface area contributed by atoms with Crippen molar-refractivity contribution in [2.75, 3.05) is 9.80 Å². The van der Waals surface area contributed by atoms with Gasteiger partial charge in [-0.1, -0.05) is 188 Å². The summed E-state index contributed by atoms with van der Waals surface area (Å²) in [7, 11) is 0. The molecule has 2 spiro atoms. The highest BCUT2D eigenvalue weighted by Gasteiger charge is 2.58. The lowest BCUT2D eigenvalue weighted by molar-refractivity contribution is 0.794. The third-order valence-electron chi connectivity index (χ3n) is 17.3. The van der Waals surface area contributed by atoms with Gasteiger partial charge in [0.15, 0.2) is 0 Å². The number of benzene rings is 10. The van der Waals surface area contributed by atoms with Gasteiger partial charge in [0.05, 0.1) is 16.5 Å². The van der Waals surface area contributed by atoms with E-state index in [1.807, 2.05) is 0 Å². The van der Waals surface area contributed by atoms with Crippen LogP contribution in [0.15, 0.2) is 224 Å². The molecule has 0 radical (unpaired) electrons. The van der Waals surface area contributed by atoms with Crippen LogP contribution in [0.3, 0.4) is 0 Å². The number of aryl methyl sites for hydroxylation is 2. The Morgan fingerprint density at radius 3 is 1.38 bits per heavy atom. The van der Waals surface area contributed by atoms with E-state index in [0.717, 1.165) is 5.69 Å². The zero-order valence-corrected chi connectivity index (χ0v) is 40.6. The highest BCUT2D eigenvalue weighted by atomic mass is 32.1. The van der Waals surface area contributed by atoms with Gasteiger partial charge in [0, 0.05) is 43.7 Å². The zero-order valence-electron chi connectivity index (χ0n) is 39.7. The molecule has 4 heteroatoms. The fraction of sp³-hybridized carbons (Fsp3) is 0.0588. The maximum absolute atomic E-state index is 2.65. The molecule has 0 bridgehead atoms. The lowest BCUT2D eigenvalue weighted by Crippen LogP contribution is -2.60. The van der Waals surface area contributed by atoms with Gasteiger partial charge in [0.25, 0.3) is 6.71 Å². The van der Waals surface area contributed by atoms with Gasteiger partial charge < -0.3 is 9.80 Å². The van der Waals surface area contributed by atoms with E-state index in [4.69, 9.17) is 0 Å². The monoisotopic (exact) mass is 930 g/mol. The van der Waals surface area contributed by atoms with Crippen molar-refractivity contribution in [3.8, 4) is 44.5 Å². The molecule has 3 heterocycles. The van der Waals surface area contributed by atoms with E-state index in [1.54, 1.807) is 0 Å².